The smallest absolute Gasteiger partial charge is 0.0307 e. The van der Waals surface area contributed by atoms with E-state index in [2.05, 4.69) is 33.6 Å². The summed E-state index contributed by atoms with van der Waals surface area (Å²) >= 11 is 2.28. The van der Waals surface area contributed by atoms with Gasteiger partial charge < -0.3 is 10.7 Å². The third-order valence-corrected chi connectivity index (χ3v) is 1.87. The van der Waals surface area contributed by atoms with Gasteiger partial charge >= 0.3 is 0 Å². The second-order valence-electron chi connectivity index (χ2n) is 2.52. The lowest BCUT2D eigenvalue weighted by Crippen LogP contribution is -2.17. The summed E-state index contributed by atoms with van der Waals surface area (Å²) in [6, 6.07) is 2.36. The standard InChI is InChI=1S/C7H11IN2/c1-5(9)2-7-3-6(8)4-10-7/h3-5,10H,2,9H2,1H3. The van der Waals surface area contributed by atoms with Crippen LogP contribution in [-0.2, 0) is 6.42 Å². The molecule has 3 heteroatoms. The first kappa shape index (κ1) is 8.07. The van der Waals surface area contributed by atoms with Crippen LogP contribution in [0.3, 0.4) is 0 Å². The third kappa shape index (κ3) is 2.30. The Bertz CT molecular complexity index is 205. The van der Waals surface area contributed by atoms with Gasteiger partial charge in [-0.25, -0.2) is 0 Å². The molecule has 1 aromatic heterocycles. The Balaban J connectivity index is 2.58. The molecule has 0 aliphatic heterocycles. The minimum absolute atomic E-state index is 0.245. The fraction of sp³-hybridized carbons (Fsp3) is 0.429. The van der Waals surface area contributed by atoms with Crippen LogP contribution in [-0.4, -0.2) is 11.0 Å². The second kappa shape index (κ2) is 3.39. The lowest BCUT2D eigenvalue weighted by Gasteiger charge is -2.00. The van der Waals surface area contributed by atoms with Crippen LogP contribution in [0.5, 0.6) is 0 Å². The largest absolute Gasteiger partial charge is 0.364 e. The Morgan fingerprint density at radius 2 is 2.50 bits per heavy atom. The van der Waals surface area contributed by atoms with Crippen molar-refractivity contribution in [1.29, 1.82) is 0 Å². The molecule has 0 aliphatic carbocycles. The van der Waals surface area contributed by atoms with Gasteiger partial charge in [0, 0.05) is 27.9 Å². The van der Waals surface area contributed by atoms with E-state index in [1.807, 2.05) is 13.1 Å². The summed E-state index contributed by atoms with van der Waals surface area (Å²) in [5, 5.41) is 0. The molecule has 0 amide bonds. The van der Waals surface area contributed by atoms with Crippen molar-refractivity contribution in [3.63, 3.8) is 0 Å². The van der Waals surface area contributed by atoms with Crippen molar-refractivity contribution in [3.8, 4) is 0 Å². The molecule has 0 spiro atoms. The van der Waals surface area contributed by atoms with Crippen LogP contribution in [0.4, 0.5) is 0 Å². The Hall–Kier alpha value is -0.0300. The molecule has 0 bridgehead atoms. The average molecular weight is 250 g/mol. The molecule has 1 aromatic rings. The number of aromatic nitrogens is 1. The van der Waals surface area contributed by atoms with E-state index >= 15 is 0 Å². The number of nitrogens with two attached hydrogens (primary N) is 1. The zero-order chi connectivity index (χ0) is 7.56. The molecular formula is C7H11IN2. The highest BCUT2D eigenvalue weighted by Crippen LogP contribution is 2.07. The van der Waals surface area contributed by atoms with E-state index in [4.69, 9.17) is 5.73 Å². The Morgan fingerprint density at radius 1 is 1.80 bits per heavy atom. The van der Waals surface area contributed by atoms with Gasteiger partial charge in [0.1, 0.15) is 0 Å². The maximum atomic E-state index is 5.61. The number of rotatable bonds is 2. The van der Waals surface area contributed by atoms with E-state index in [9.17, 15) is 0 Å². The van der Waals surface area contributed by atoms with Crippen molar-refractivity contribution in [2.45, 2.75) is 19.4 Å². The van der Waals surface area contributed by atoms with Crippen LogP contribution in [0.15, 0.2) is 12.3 Å². The highest BCUT2D eigenvalue weighted by Gasteiger charge is 1.98. The van der Waals surface area contributed by atoms with Crippen molar-refractivity contribution in [2.75, 3.05) is 0 Å². The third-order valence-electron chi connectivity index (χ3n) is 1.25. The van der Waals surface area contributed by atoms with Gasteiger partial charge in [-0.3, -0.25) is 0 Å². The molecule has 2 nitrogen and oxygen atoms in total. The number of nitrogens with one attached hydrogen (secondary N) is 1. The van der Waals surface area contributed by atoms with Gasteiger partial charge in [0.25, 0.3) is 0 Å². The van der Waals surface area contributed by atoms with Gasteiger partial charge in [-0.1, -0.05) is 0 Å². The van der Waals surface area contributed by atoms with Crippen LogP contribution in [0, 0.1) is 3.57 Å². The van der Waals surface area contributed by atoms with E-state index in [-0.39, 0.29) is 6.04 Å². The number of H-pyrrole nitrogens is 1. The van der Waals surface area contributed by atoms with Crippen LogP contribution >= 0.6 is 22.6 Å². The Labute approximate surface area is 74.3 Å². The van der Waals surface area contributed by atoms with Crippen LogP contribution in [0.2, 0.25) is 0 Å². The van der Waals surface area contributed by atoms with Gasteiger partial charge in [0.15, 0.2) is 0 Å². The van der Waals surface area contributed by atoms with Crippen molar-refractivity contribution in [3.05, 3.63) is 21.5 Å². The predicted octanol–water partition coefficient (Wildman–Crippen LogP) is 1.51. The molecule has 0 saturated heterocycles. The maximum Gasteiger partial charge on any atom is 0.0307 e. The molecule has 0 saturated carbocycles. The monoisotopic (exact) mass is 250 g/mol. The van der Waals surface area contributed by atoms with E-state index in [0.29, 0.717) is 0 Å². The summed E-state index contributed by atoms with van der Waals surface area (Å²) in [5.41, 5.74) is 6.83. The highest BCUT2D eigenvalue weighted by atomic mass is 127. The van der Waals surface area contributed by atoms with Gasteiger partial charge in [0.2, 0.25) is 0 Å². The summed E-state index contributed by atoms with van der Waals surface area (Å²) in [4.78, 5) is 3.15. The van der Waals surface area contributed by atoms with Crippen molar-refractivity contribution < 1.29 is 0 Å². The quantitative estimate of drug-likeness (QED) is 0.767. The molecule has 0 radical (unpaired) electrons. The van der Waals surface area contributed by atoms with E-state index in [1.165, 1.54) is 9.26 Å². The molecular weight excluding hydrogens is 239 g/mol. The lowest BCUT2D eigenvalue weighted by molar-refractivity contribution is 0.726. The molecule has 1 rings (SSSR count). The van der Waals surface area contributed by atoms with Crippen LogP contribution in [0.25, 0.3) is 0 Å². The minimum Gasteiger partial charge on any atom is -0.364 e. The lowest BCUT2D eigenvalue weighted by atomic mass is 10.2. The highest BCUT2D eigenvalue weighted by molar-refractivity contribution is 14.1. The number of hydrogen-bond acceptors (Lipinski definition) is 1. The van der Waals surface area contributed by atoms with Gasteiger partial charge in [-0.2, -0.15) is 0 Å². The maximum absolute atomic E-state index is 5.61. The van der Waals surface area contributed by atoms with Crippen molar-refractivity contribution >= 4 is 22.6 Å². The average Bonchev–Trinajstić information content (AvgIpc) is 2.13. The summed E-state index contributed by atoms with van der Waals surface area (Å²) in [6.45, 7) is 2.01. The second-order valence-corrected chi connectivity index (χ2v) is 3.77. The molecule has 0 aromatic carbocycles. The van der Waals surface area contributed by atoms with Crippen molar-refractivity contribution in [2.24, 2.45) is 5.73 Å². The minimum atomic E-state index is 0.245. The zero-order valence-electron chi connectivity index (χ0n) is 5.89. The molecule has 3 N–H and O–H groups in total. The molecule has 56 valence electrons. The molecule has 0 fully saturated rings. The Morgan fingerprint density at radius 3 is 2.90 bits per heavy atom. The van der Waals surface area contributed by atoms with Crippen molar-refractivity contribution in [1.82, 2.24) is 4.98 Å². The first-order valence-electron chi connectivity index (χ1n) is 3.27. The van der Waals surface area contributed by atoms with Gasteiger partial charge in [0.05, 0.1) is 0 Å². The fourth-order valence-corrected chi connectivity index (χ4v) is 1.41. The summed E-state index contributed by atoms with van der Waals surface area (Å²) in [5.74, 6) is 0. The van der Waals surface area contributed by atoms with Gasteiger partial charge in [-0.15, -0.1) is 0 Å². The zero-order valence-corrected chi connectivity index (χ0v) is 8.05. The van der Waals surface area contributed by atoms with E-state index in [0.717, 1.165) is 6.42 Å². The summed E-state index contributed by atoms with van der Waals surface area (Å²) in [6.07, 6.45) is 2.92. The van der Waals surface area contributed by atoms with Gasteiger partial charge in [-0.05, 0) is 35.6 Å². The first-order chi connectivity index (χ1) is 4.68. The fourth-order valence-electron chi connectivity index (χ4n) is 0.876. The van der Waals surface area contributed by atoms with Crippen LogP contribution in [0.1, 0.15) is 12.6 Å². The van der Waals surface area contributed by atoms with E-state index < -0.39 is 0 Å². The summed E-state index contributed by atoms with van der Waals surface area (Å²) in [7, 11) is 0. The number of hydrogen-bond donors (Lipinski definition) is 2. The number of halogens is 1. The van der Waals surface area contributed by atoms with Crippen LogP contribution < -0.4 is 5.73 Å². The normalized spacial score (nSPS) is 13.5. The first-order valence-corrected chi connectivity index (χ1v) is 4.34. The summed E-state index contributed by atoms with van der Waals surface area (Å²) < 4.78 is 1.24. The predicted molar refractivity (Wildman–Crippen MR) is 50.9 cm³/mol. The molecule has 1 heterocycles. The molecule has 0 aliphatic rings. The number of aromatic amines is 1. The Kier molecular flexibility index (Phi) is 2.73. The molecule has 10 heavy (non-hydrogen) atoms. The van der Waals surface area contributed by atoms with E-state index in [1.54, 1.807) is 0 Å². The molecule has 1 atom stereocenters. The molecule has 1 unspecified atom stereocenters. The topological polar surface area (TPSA) is 41.8 Å². The SMILES string of the molecule is CC(N)Cc1cc(I)c[nH]1.